The molecule has 2 N–H and O–H groups in total. The third kappa shape index (κ3) is 6.84. The highest BCUT2D eigenvalue weighted by Crippen LogP contribution is 2.24. The van der Waals surface area contributed by atoms with E-state index in [2.05, 4.69) is 29.2 Å². The summed E-state index contributed by atoms with van der Waals surface area (Å²) in [6.45, 7) is 6.81. The van der Waals surface area contributed by atoms with Crippen molar-refractivity contribution in [3.05, 3.63) is 17.4 Å². The number of amides is 1. The molecule has 1 aromatic rings. The lowest BCUT2D eigenvalue weighted by Gasteiger charge is -2.23. The minimum absolute atomic E-state index is 0. The second-order valence-electron chi connectivity index (χ2n) is 6.66. The van der Waals surface area contributed by atoms with Gasteiger partial charge >= 0.3 is 5.97 Å². The van der Waals surface area contributed by atoms with Gasteiger partial charge in [-0.3, -0.25) is 14.3 Å². The van der Waals surface area contributed by atoms with E-state index in [0.717, 1.165) is 6.54 Å². The number of halogens is 2. The van der Waals surface area contributed by atoms with Crippen LogP contribution in [0.25, 0.3) is 0 Å². The molecular weight excluding hydrogens is 367 g/mol. The first kappa shape index (κ1) is 21.7. The fourth-order valence-corrected chi connectivity index (χ4v) is 3.29. The molecule has 1 fully saturated rings. The van der Waals surface area contributed by atoms with Crippen molar-refractivity contribution >= 4 is 35.9 Å². The predicted octanol–water partition coefficient (Wildman–Crippen LogP) is 1.90. The van der Waals surface area contributed by atoms with E-state index in [0.29, 0.717) is 42.9 Å². The van der Waals surface area contributed by atoms with Gasteiger partial charge < -0.3 is 15.3 Å². The molecule has 2 atom stereocenters. The maximum absolute atomic E-state index is 12.2. The number of hydrogen-bond donors (Lipinski definition) is 2. The molecule has 142 valence electrons. The van der Waals surface area contributed by atoms with Gasteiger partial charge in [-0.25, -0.2) is 0 Å². The Morgan fingerprint density at radius 3 is 2.64 bits per heavy atom. The van der Waals surface area contributed by atoms with Gasteiger partial charge in [0, 0.05) is 44.8 Å². The molecule has 0 spiro atoms. The number of aryl methyl sites for hydroxylation is 1. The van der Waals surface area contributed by atoms with E-state index in [1.165, 1.54) is 0 Å². The molecule has 2 heterocycles. The fraction of sp³-hybridized carbons (Fsp3) is 0.688. The van der Waals surface area contributed by atoms with Crippen molar-refractivity contribution < 1.29 is 14.7 Å². The minimum Gasteiger partial charge on any atom is -0.481 e. The van der Waals surface area contributed by atoms with E-state index in [1.54, 1.807) is 17.1 Å². The van der Waals surface area contributed by atoms with Crippen LogP contribution in [0.2, 0.25) is 5.02 Å². The zero-order chi connectivity index (χ0) is 17.7. The van der Waals surface area contributed by atoms with Crippen molar-refractivity contribution in [1.82, 2.24) is 20.0 Å². The SMILES string of the molecule is CC(C)[C@H]1CN(CCC(=O)O)C[C@@H]1NC(=O)CCn1cc(Cl)cn1.Cl. The highest BCUT2D eigenvalue weighted by molar-refractivity contribution is 6.30. The molecule has 7 nitrogen and oxygen atoms in total. The molecule has 9 heteroatoms. The number of aliphatic carboxylic acids is 1. The Hall–Kier alpha value is -1.31. The van der Waals surface area contributed by atoms with E-state index in [1.807, 2.05) is 0 Å². The van der Waals surface area contributed by atoms with Crippen LogP contribution in [0.15, 0.2) is 12.4 Å². The highest BCUT2D eigenvalue weighted by atomic mass is 35.5. The van der Waals surface area contributed by atoms with Crippen LogP contribution >= 0.6 is 24.0 Å². The Morgan fingerprint density at radius 1 is 1.36 bits per heavy atom. The zero-order valence-electron chi connectivity index (χ0n) is 14.5. The number of likely N-dealkylation sites (tertiary alicyclic amines) is 1. The maximum atomic E-state index is 12.2. The molecule has 2 rings (SSSR count). The van der Waals surface area contributed by atoms with Crippen molar-refractivity contribution in [2.75, 3.05) is 19.6 Å². The Kier molecular flexibility index (Phi) is 8.68. The molecule has 0 aliphatic carbocycles. The van der Waals surface area contributed by atoms with E-state index in [9.17, 15) is 9.59 Å². The molecule has 1 amide bonds. The van der Waals surface area contributed by atoms with Crippen molar-refractivity contribution in [2.24, 2.45) is 11.8 Å². The van der Waals surface area contributed by atoms with E-state index in [-0.39, 0.29) is 30.8 Å². The number of carbonyl (C=O) groups excluding carboxylic acids is 1. The lowest BCUT2D eigenvalue weighted by atomic mass is 9.91. The van der Waals surface area contributed by atoms with Gasteiger partial charge in [0.2, 0.25) is 5.91 Å². The summed E-state index contributed by atoms with van der Waals surface area (Å²) in [5, 5.41) is 16.5. The number of carboxylic acid groups (broad SMARTS) is 1. The standard InChI is InChI=1S/C16H25ClN4O3.ClH/c1-11(2)13-9-20(5-4-16(23)24)10-14(13)19-15(22)3-6-21-8-12(17)7-18-21;/h7-8,11,13-14H,3-6,9-10H2,1-2H3,(H,19,22)(H,23,24);1H/t13-,14+;/m1./s1. The van der Waals surface area contributed by atoms with Crippen LogP contribution in [0.5, 0.6) is 0 Å². The molecule has 1 aliphatic rings. The van der Waals surface area contributed by atoms with Crippen molar-refractivity contribution in [1.29, 1.82) is 0 Å². The molecule has 1 aromatic heterocycles. The largest absolute Gasteiger partial charge is 0.481 e. The van der Waals surface area contributed by atoms with Crippen molar-refractivity contribution in [3.8, 4) is 0 Å². The smallest absolute Gasteiger partial charge is 0.304 e. The van der Waals surface area contributed by atoms with Crippen molar-refractivity contribution in [2.45, 2.75) is 39.3 Å². The fourth-order valence-electron chi connectivity index (χ4n) is 3.13. The number of carbonyl (C=O) groups is 2. The van der Waals surface area contributed by atoms with Gasteiger partial charge in [-0.15, -0.1) is 12.4 Å². The average molecular weight is 393 g/mol. The van der Waals surface area contributed by atoms with Crippen LogP contribution in [-0.4, -0.2) is 57.3 Å². The Labute approximate surface area is 159 Å². The van der Waals surface area contributed by atoms with Crippen LogP contribution in [-0.2, 0) is 16.1 Å². The van der Waals surface area contributed by atoms with Crippen LogP contribution < -0.4 is 5.32 Å². The summed E-state index contributed by atoms with van der Waals surface area (Å²) in [7, 11) is 0. The molecule has 25 heavy (non-hydrogen) atoms. The van der Waals surface area contributed by atoms with E-state index < -0.39 is 5.97 Å². The molecule has 1 saturated heterocycles. The van der Waals surface area contributed by atoms with Crippen LogP contribution in [0.4, 0.5) is 0 Å². The lowest BCUT2D eigenvalue weighted by Crippen LogP contribution is -2.42. The molecule has 1 aliphatic heterocycles. The zero-order valence-corrected chi connectivity index (χ0v) is 16.1. The van der Waals surface area contributed by atoms with Crippen molar-refractivity contribution in [3.63, 3.8) is 0 Å². The van der Waals surface area contributed by atoms with Gasteiger partial charge in [0.1, 0.15) is 0 Å². The first-order chi connectivity index (χ1) is 11.3. The Balaban J connectivity index is 0.00000312. The Bertz CT molecular complexity index is 579. The maximum Gasteiger partial charge on any atom is 0.304 e. The molecular formula is C16H26Cl2N4O3. The van der Waals surface area contributed by atoms with E-state index >= 15 is 0 Å². The molecule has 0 bridgehead atoms. The van der Waals surface area contributed by atoms with E-state index in [4.69, 9.17) is 16.7 Å². The van der Waals surface area contributed by atoms with Gasteiger partial charge in [0.05, 0.1) is 17.6 Å². The normalized spacial score (nSPS) is 20.5. The summed E-state index contributed by atoms with van der Waals surface area (Å²) < 4.78 is 1.65. The third-order valence-electron chi connectivity index (χ3n) is 4.46. The number of rotatable bonds is 8. The Morgan fingerprint density at radius 2 is 2.08 bits per heavy atom. The van der Waals surface area contributed by atoms with Gasteiger partial charge in [0.15, 0.2) is 0 Å². The van der Waals surface area contributed by atoms with Gasteiger partial charge in [-0.05, 0) is 11.8 Å². The number of carboxylic acids is 1. The van der Waals surface area contributed by atoms with Crippen LogP contribution in [0, 0.1) is 11.8 Å². The molecule has 0 radical (unpaired) electrons. The topological polar surface area (TPSA) is 87.5 Å². The molecule has 0 saturated carbocycles. The minimum atomic E-state index is -0.790. The van der Waals surface area contributed by atoms with Gasteiger partial charge in [-0.2, -0.15) is 5.10 Å². The monoisotopic (exact) mass is 392 g/mol. The summed E-state index contributed by atoms with van der Waals surface area (Å²) in [5.41, 5.74) is 0. The molecule has 0 aromatic carbocycles. The number of nitrogens with zero attached hydrogens (tertiary/aromatic N) is 3. The second-order valence-corrected chi connectivity index (χ2v) is 7.09. The summed E-state index contributed by atoms with van der Waals surface area (Å²) in [4.78, 5) is 25.1. The summed E-state index contributed by atoms with van der Waals surface area (Å²) in [6, 6.07) is 0.0625. The first-order valence-electron chi connectivity index (χ1n) is 8.26. The predicted molar refractivity (Wildman–Crippen MR) is 98.1 cm³/mol. The number of nitrogens with one attached hydrogen (secondary N) is 1. The van der Waals surface area contributed by atoms with Gasteiger partial charge in [-0.1, -0.05) is 25.4 Å². The third-order valence-corrected chi connectivity index (χ3v) is 4.65. The van der Waals surface area contributed by atoms with Crippen LogP contribution in [0.3, 0.4) is 0 Å². The highest BCUT2D eigenvalue weighted by Gasteiger charge is 2.35. The summed E-state index contributed by atoms with van der Waals surface area (Å²) >= 11 is 5.80. The number of hydrogen-bond acceptors (Lipinski definition) is 4. The average Bonchev–Trinajstić information content (AvgIpc) is 3.09. The van der Waals surface area contributed by atoms with Gasteiger partial charge in [0.25, 0.3) is 0 Å². The lowest BCUT2D eigenvalue weighted by molar-refractivity contribution is -0.137. The van der Waals surface area contributed by atoms with Crippen LogP contribution in [0.1, 0.15) is 26.7 Å². The quantitative estimate of drug-likeness (QED) is 0.705. The summed E-state index contributed by atoms with van der Waals surface area (Å²) in [6.07, 6.45) is 3.71. The molecule has 0 unspecified atom stereocenters. The summed E-state index contributed by atoms with van der Waals surface area (Å²) in [5.74, 6) is -0.0456. The number of aromatic nitrogens is 2. The first-order valence-corrected chi connectivity index (χ1v) is 8.64. The second kappa shape index (κ2) is 9.99.